The zero-order valence-corrected chi connectivity index (χ0v) is 10.6. The Balaban J connectivity index is 2.11. The third-order valence-corrected chi connectivity index (χ3v) is 6.30. The highest BCUT2D eigenvalue weighted by molar-refractivity contribution is 5.25. The summed E-state index contributed by atoms with van der Waals surface area (Å²) in [5, 5.41) is 0. The first-order valence-electron chi connectivity index (χ1n) is 6.65. The normalized spacial score (nSPS) is 51.5. The molecule has 0 heterocycles. The summed E-state index contributed by atoms with van der Waals surface area (Å²) < 4.78 is 0. The van der Waals surface area contributed by atoms with Gasteiger partial charge in [0.2, 0.25) is 0 Å². The monoisotopic (exact) mass is 204 g/mol. The fourth-order valence-electron chi connectivity index (χ4n) is 5.35. The second kappa shape index (κ2) is 2.70. The highest BCUT2D eigenvalue weighted by atomic mass is 14.7. The van der Waals surface area contributed by atoms with E-state index in [2.05, 4.69) is 33.8 Å². The van der Waals surface area contributed by atoms with Gasteiger partial charge in [0.05, 0.1) is 0 Å². The molecule has 0 saturated heterocycles. The maximum atomic E-state index is 2.57. The molecule has 3 aliphatic carbocycles. The van der Waals surface area contributed by atoms with Crippen LogP contribution in [0.15, 0.2) is 11.6 Å². The average Bonchev–Trinajstić information content (AvgIpc) is 2.57. The highest BCUT2D eigenvalue weighted by Gasteiger charge is 2.62. The van der Waals surface area contributed by atoms with Gasteiger partial charge in [-0.05, 0) is 61.2 Å². The number of hydrogen-bond donors (Lipinski definition) is 0. The molecule has 0 heteroatoms. The summed E-state index contributed by atoms with van der Waals surface area (Å²) in [6.45, 7) is 9.94. The summed E-state index contributed by atoms with van der Waals surface area (Å²) in [4.78, 5) is 0. The first-order valence-corrected chi connectivity index (χ1v) is 6.65. The summed E-state index contributed by atoms with van der Waals surface area (Å²) in [7, 11) is 0. The second-order valence-corrected chi connectivity index (χ2v) is 6.99. The Kier molecular flexibility index (Phi) is 1.79. The van der Waals surface area contributed by atoms with Crippen molar-refractivity contribution in [2.24, 2.45) is 28.6 Å². The van der Waals surface area contributed by atoms with Gasteiger partial charge in [0.15, 0.2) is 0 Å². The van der Waals surface area contributed by atoms with Gasteiger partial charge in [-0.15, -0.1) is 0 Å². The van der Waals surface area contributed by atoms with E-state index in [9.17, 15) is 0 Å². The van der Waals surface area contributed by atoms with E-state index < -0.39 is 0 Å². The fourth-order valence-corrected chi connectivity index (χ4v) is 5.35. The largest absolute Gasteiger partial charge is 0.0847 e. The van der Waals surface area contributed by atoms with Crippen molar-refractivity contribution in [3.05, 3.63) is 11.6 Å². The Hall–Kier alpha value is -0.260. The van der Waals surface area contributed by atoms with E-state index in [1.807, 2.05) is 0 Å². The maximum Gasteiger partial charge on any atom is -0.0146 e. The molecule has 0 nitrogen and oxygen atoms in total. The molecule has 2 saturated carbocycles. The molecule has 0 aromatic rings. The molecule has 15 heavy (non-hydrogen) atoms. The van der Waals surface area contributed by atoms with Gasteiger partial charge in [0.25, 0.3) is 0 Å². The summed E-state index contributed by atoms with van der Waals surface area (Å²) in [5.74, 6) is 2.86. The molecule has 4 atom stereocenters. The van der Waals surface area contributed by atoms with Crippen LogP contribution in [-0.2, 0) is 0 Å². The van der Waals surface area contributed by atoms with Crippen LogP contribution in [0.1, 0.15) is 53.4 Å². The topological polar surface area (TPSA) is 0 Å². The molecule has 0 radical (unpaired) electrons. The lowest BCUT2D eigenvalue weighted by molar-refractivity contribution is 0.128. The second-order valence-electron chi connectivity index (χ2n) is 6.99. The van der Waals surface area contributed by atoms with E-state index in [4.69, 9.17) is 0 Å². The molecule has 2 bridgehead atoms. The molecule has 3 rings (SSSR count). The van der Waals surface area contributed by atoms with E-state index in [0.717, 1.165) is 17.8 Å². The molecule has 0 unspecified atom stereocenters. The van der Waals surface area contributed by atoms with E-state index in [1.54, 1.807) is 5.57 Å². The molecular weight excluding hydrogens is 180 g/mol. The number of hydrogen-bond acceptors (Lipinski definition) is 0. The van der Waals surface area contributed by atoms with Crippen LogP contribution in [-0.4, -0.2) is 0 Å². The standard InChI is InChI=1S/C15H24/c1-10-7-8-15-9-12(10)14(3,4)13(15)6-5-11(15)2/h7,11-13H,5-6,8-9H2,1-4H3/t11-,12-,13-,15-/m1/s1. The van der Waals surface area contributed by atoms with Gasteiger partial charge in [0, 0.05) is 0 Å². The molecular formula is C15H24. The summed E-state index contributed by atoms with van der Waals surface area (Å²) >= 11 is 0. The predicted molar refractivity (Wildman–Crippen MR) is 64.6 cm³/mol. The van der Waals surface area contributed by atoms with Crippen LogP contribution in [0.4, 0.5) is 0 Å². The zero-order chi connectivity index (χ0) is 10.8. The van der Waals surface area contributed by atoms with Crippen molar-refractivity contribution in [2.75, 3.05) is 0 Å². The lowest BCUT2D eigenvalue weighted by Gasteiger charge is -2.36. The van der Waals surface area contributed by atoms with Gasteiger partial charge < -0.3 is 0 Å². The molecule has 0 aliphatic heterocycles. The zero-order valence-electron chi connectivity index (χ0n) is 10.6. The maximum absolute atomic E-state index is 2.57. The van der Waals surface area contributed by atoms with Crippen LogP contribution >= 0.6 is 0 Å². The fraction of sp³-hybridized carbons (Fsp3) is 0.867. The lowest BCUT2D eigenvalue weighted by Crippen LogP contribution is -2.30. The molecule has 0 aromatic heterocycles. The van der Waals surface area contributed by atoms with Gasteiger partial charge in [0.1, 0.15) is 0 Å². The van der Waals surface area contributed by atoms with Crippen molar-refractivity contribution in [3.63, 3.8) is 0 Å². The van der Waals surface area contributed by atoms with Gasteiger partial charge in [-0.1, -0.05) is 32.4 Å². The highest BCUT2D eigenvalue weighted by Crippen LogP contribution is 2.71. The quantitative estimate of drug-likeness (QED) is 0.513. The van der Waals surface area contributed by atoms with Crippen LogP contribution in [0.2, 0.25) is 0 Å². The van der Waals surface area contributed by atoms with Crippen LogP contribution < -0.4 is 0 Å². The van der Waals surface area contributed by atoms with Crippen LogP contribution in [0.25, 0.3) is 0 Å². The van der Waals surface area contributed by atoms with Crippen molar-refractivity contribution < 1.29 is 0 Å². The Labute approximate surface area is 94.1 Å². The van der Waals surface area contributed by atoms with E-state index >= 15 is 0 Å². The molecule has 0 aromatic carbocycles. The van der Waals surface area contributed by atoms with E-state index in [-0.39, 0.29) is 0 Å². The van der Waals surface area contributed by atoms with Crippen LogP contribution in [0, 0.1) is 28.6 Å². The van der Waals surface area contributed by atoms with E-state index in [0.29, 0.717) is 10.8 Å². The van der Waals surface area contributed by atoms with Gasteiger partial charge in [-0.25, -0.2) is 0 Å². The number of allylic oxidation sites excluding steroid dienone is 2. The molecule has 0 amide bonds. The van der Waals surface area contributed by atoms with Gasteiger partial charge in [-0.3, -0.25) is 0 Å². The minimum atomic E-state index is 0.571. The molecule has 1 spiro atoms. The van der Waals surface area contributed by atoms with Crippen molar-refractivity contribution in [1.29, 1.82) is 0 Å². The minimum Gasteiger partial charge on any atom is -0.0847 e. The number of rotatable bonds is 0. The van der Waals surface area contributed by atoms with Gasteiger partial charge in [-0.2, -0.15) is 0 Å². The smallest absolute Gasteiger partial charge is 0.0146 e. The first kappa shape index (κ1) is 9.93. The molecule has 84 valence electrons. The summed E-state index contributed by atoms with van der Waals surface area (Å²) in [6.07, 6.45) is 8.41. The lowest BCUT2D eigenvalue weighted by atomic mass is 9.68. The summed E-state index contributed by atoms with van der Waals surface area (Å²) in [5.41, 5.74) is 2.96. The first-order chi connectivity index (χ1) is 6.98. The van der Waals surface area contributed by atoms with Crippen molar-refractivity contribution in [2.45, 2.75) is 53.4 Å². The third-order valence-electron chi connectivity index (χ3n) is 6.30. The Morgan fingerprint density at radius 1 is 1.27 bits per heavy atom. The van der Waals surface area contributed by atoms with Gasteiger partial charge >= 0.3 is 0 Å². The SMILES string of the molecule is CC1=CC[C@]23C[C@H]1C(C)(C)[C@H]2CC[C@H]3C. The minimum absolute atomic E-state index is 0.571. The van der Waals surface area contributed by atoms with Crippen molar-refractivity contribution >= 4 is 0 Å². The molecule has 0 N–H and O–H groups in total. The van der Waals surface area contributed by atoms with E-state index in [1.165, 1.54) is 25.7 Å². The van der Waals surface area contributed by atoms with Crippen LogP contribution in [0.5, 0.6) is 0 Å². The number of fused-ring (bicyclic) bond motifs is 1. The molecule has 3 aliphatic rings. The predicted octanol–water partition coefficient (Wildman–Crippen LogP) is 4.42. The van der Waals surface area contributed by atoms with Crippen molar-refractivity contribution in [1.82, 2.24) is 0 Å². The average molecular weight is 204 g/mol. The van der Waals surface area contributed by atoms with Crippen LogP contribution in [0.3, 0.4) is 0 Å². The molecule has 2 fully saturated rings. The van der Waals surface area contributed by atoms with Crippen molar-refractivity contribution in [3.8, 4) is 0 Å². The Bertz CT molecular complexity index is 323. The summed E-state index contributed by atoms with van der Waals surface area (Å²) in [6, 6.07) is 0. The third kappa shape index (κ3) is 0.990. The Morgan fingerprint density at radius 2 is 2.00 bits per heavy atom. The Morgan fingerprint density at radius 3 is 2.73 bits per heavy atom.